The second kappa shape index (κ2) is 8.14. The van der Waals surface area contributed by atoms with E-state index in [1.165, 1.54) is 6.20 Å². The number of anilines is 1. The Morgan fingerprint density at radius 1 is 1.26 bits per heavy atom. The van der Waals surface area contributed by atoms with Crippen molar-refractivity contribution in [2.75, 3.05) is 31.5 Å². The number of aromatic nitrogens is 2. The van der Waals surface area contributed by atoms with Gasteiger partial charge in [0, 0.05) is 37.6 Å². The van der Waals surface area contributed by atoms with Gasteiger partial charge in [-0.1, -0.05) is 6.92 Å². The lowest BCUT2D eigenvalue weighted by Gasteiger charge is -2.47. The summed E-state index contributed by atoms with van der Waals surface area (Å²) in [5.41, 5.74) is 6.18. The van der Waals surface area contributed by atoms with Crippen molar-refractivity contribution in [3.63, 3.8) is 0 Å². The molecule has 3 aliphatic rings. The first-order valence-electron chi connectivity index (χ1n) is 11.2. The summed E-state index contributed by atoms with van der Waals surface area (Å²) in [6.07, 6.45) is 0.927. The number of carbonyl (C=O) groups excluding carboxylic acids is 1. The lowest BCUT2D eigenvalue weighted by atomic mass is 9.90. The van der Waals surface area contributed by atoms with Crippen LogP contribution in [0.3, 0.4) is 0 Å². The van der Waals surface area contributed by atoms with Crippen LogP contribution < -0.4 is 16.2 Å². The predicted octanol–water partition coefficient (Wildman–Crippen LogP) is 1.38. The van der Waals surface area contributed by atoms with Crippen LogP contribution in [0.15, 0.2) is 6.20 Å². The van der Waals surface area contributed by atoms with E-state index in [-0.39, 0.29) is 36.0 Å². The third kappa shape index (κ3) is 3.85. The normalized spacial score (nSPS) is 32.9. The maximum Gasteiger partial charge on any atom is 0.320 e. The molecule has 9 nitrogen and oxygen atoms in total. The van der Waals surface area contributed by atoms with Gasteiger partial charge in [0.05, 0.1) is 23.9 Å². The Hall–Kier alpha value is -2.04. The van der Waals surface area contributed by atoms with Crippen molar-refractivity contribution in [2.24, 2.45) is 5.92 Å². The third-order valence-electron chi connectivity index (χ3n) is 7.26. The van der Waals surface area contributed by atoms with Crippen LogP contribution in [-0.4, -0.2) is 86.7 Å². The predicted molar refractivity (Wildman–Crippen MR) is 117 cm³/mol. The van der Waals surface area contributed by atoms with Crippen LogP contribution >= 0.6 is 0 Å². The minimum atomic E-state index is -0.488. The Morgan fingerprint density at radius 3 is 2.71 bits per heavy atom. The molecular formula is C21H35FN8O. The molecule has 0 aliphatic carbocycles. The number of aryl methyl sites for hydroxylation is 1. The Bertz CT molecular complexity index is 836. The molecule has 5 atom stereocenters. The lowest BCUT2D eigenvalue weighted by Crippen LogP contribution is -2.63. The van der Waals surface area contributed by atoms with E-state index < -0.39 is 11.4 Å². The molecule has 1 aromatic rings. The van der Waals surface area contributed by atoms with E-state index in [2.05, 4.69) is 65.7 Å². The molecule has 31 heavy (non-hydrogen) atoms. The van der Waals surface area contributed by atoms with Gasteiger partial charge in [-0.2, -0.15) is 0 Å². The van der Waals surface area contributed by atoms with E-state index in [1.54, 1.807) is 6.92 Å². The zero-order valence-corrected chi connectivity index (χ0v) is 19.3. The first-order valence-corrected chi connectivity index (χ1v) is 11.2. The summed E-state index contributed by atoms with van der Waals surface area (Å²) >= 11 is 0. The molecule has 10 heteroatoms. The zero-order chi connectivity index (χ0) is 22.5. The van der Waals surface area contributed by atoms with Gasteiger partial charge in [0.25, 0.3) is 0 Å². The van der Waals surface area contributed by atoms with Crippen LogP contribution in [0.1, 0.15) is 40.4 Å². The number of hydrogen-bond acceptors (Lipinski definition) is 7. The average Bonchev–Trinajstić information content (AvgIpc) is 3.24. The molecule has 3 saturated heterocycles. The van der Waals surface area contributed by atoms with E-state index in [0.29, 0.717) is 18.4 Å². The quantitative estimate of drug-likeness (QED) is 0.662. The number of amides is 2. The van der Waals surface area contributed by atoms with E-state index >= 15 is 0 Å². The molecule has 3 aliphatic heterocycles. The summed E-state index contributed by atoms with van der Waals surface area (Å²) in [7, 11) is 0. The smallest absolute Gasteiger partial charge is 0.320 e. The van der Waals surface area contributed by atoms with E-state index in [0.717, 1.165) is 19.6 Å². The maximum atomic E-state index is 14.2. The van der Waals surface area contributed by atoms with Gasteiger partial charge in [0.15, 0.2) is 11.6 Å². The van der Waals surface area contributed by atoms with Gasteiger partial charge in [-0.05, 0) is 41.2 Å². The van der Waals surface area contributed by atoms with Crippen molar-refractivity contribution in [2.45, 2.75) is 71.4 Å². The van der Waals surface area contributed by atoms with Crippen molar-refractivity contribution in [1.82, 2.24) is 35.5 Å². The summed E-state index contributed by atoms with van der Waals surface area (Å²) < 4.78 is 14.2. The first kappa shape index (κ1) is 22.2. The SMILES string of the molecule is CCN1C[C@H](C)N(C(=O)N2CC3C(Nc4nc(C)ncc4F)NNC3C2(C)C)C[C@H]1C. The summed E-state index contributed by atoms with van der Waals surface area (Å²) in [6, 6.07) is 0.621. The molecule has 0 bridgehead atoms. The number of likely N-dealkylation sites (N-methyl/N-ethyl adjacent to an activating group) is 1. The summed E-state index contributed by atoms with van der Waals surface area (Å²) in [5, 5.41) is 3.17. The van der Waals surface area contributed by atoms with Gasteiger partial charge < -0.3 is 15.1 Å². The third-order valence-corrected chi connectivity index (χ3v) is 7.26. The maximum absolute atomic E-state index is 14.2. The number of halogens is 1. The highest BCUT2D eigenvalue weighted by atomic mass is 19.1. The molecule has 3 N–H and O–H groups in total. The number of hydrogen-bond donors (Lipinski definition) is 3. The average molecular weight is 435 g/mol. The largest absolute Gasteiger partial charge is 0.351 e. The molecule has 3 unspecified atom stereocenters. The van der Waals surface area contributed by atoms with E-state index in [4.69, 9.17) is 0 Å². The minimum absolute atomic E-state index is 0.0320. The van der Waals surface area contributed by atoms with Crippen LogP contribution in [-0.2, 0) is 0 Å². The zero-order valence-electron chi connectivity index (χ0n) is 19.3. The lowest BCUT2D eigenvalue weighted by molar-refractivity contribution is 0.0412. The number of nitrogens with zero attached hydrogens (tertiary/aromatic N) is 5. The van der Waals surface area contributed by atoms with Gasteiger partial charge in [-0.25, -0.2) is 24.6 Å². The van der Waals surface area contributed by atoms with Crippen molar-refractivity contribution >= 4 is 11.8 Å². The van der Waals surface area contributed by atoms with Crippen LogP contribution in [0.4, 0.5) is 15.0 Å². The molecule has 0 radical (unpaired) electrons. The Balaban J connectivity index is 1.50. The summed E-state index contributed by atoms with van der Waals surface area (Å²) in [6.45, 7) is 15.6. The van der Waals surface area contributed by atoms with Gasteiger partial charge in [-0.15, -0.1) is 0 Å². The number of carbonyl (C=O) groups is 1. The van der Waals surface area contributed by atoms with Crippen molar-refractivity contribution in [3.8, 4) is 0 Å². The van der Waals surface area contributed by atoms with Crippen LogP contribution in [0.5, 0.6) is 0 Å². The molecule has 4 heterocycles. The number of piperazine rings is 1. The van der Waals surface area contributed by atoms with Crippen LogP contribution in [0.2, 0.25) is 0 Å². The molecule has 0 saturated carbocycles. The molecule has 1 aromatic heterocycles. The fourth-order valence-electron chi connectivity index (χ4n) is 5.34. The number of likely N-dealkylation sites (tertiary alicyclic amines) is 1. The summed E-state index contributed by atoms with van der Waals surface area (Å²) in [5.74, 6) is 0.258. The number of rotatable bonds is 3. The van der Waals surface area contributed by atoms with Crippen molar-refractivity contribution < 1.29 is 9.18 Å². The number of urea groups is 1. The molecule has 2 amide bonds. The van der Waals surface area contributed by atoms with E-state index in [9.17, 15) is 9.18 Å². The first-order chi connectivity index (χ1) is 14.6. The highest BCUT2D eigenvalue weighted by Crippen LogP contribution is 2.38. The Labute approximate surface area is 183 Å². The fourth-order valence-corrected chi connectivity index (χ4v) is 5.34. The second-order valence-electron chi connectivity index (χ2n) is 9.65. The van der Waals surface area contributed by atoms with Gasteiger partial charge in [-0.3, -0.25) is 10.3 Å². The van der Waals surface area contributed by atoms with Gasteiger partial charge in [0.1, 0.15) is 5.82 Å². The van der Waals surface area contributed by atoms with Gasteiger partial charge in [0.2, 0.25) is 0 Å². The Morgan fingerprint density at radius 2 is 2.00 bits per heavy atom. The minimum Gasteiger partial charge on any atom is -0.351 e. The fraction of sp³-hybridized carbons (Fsp3) is 0.762. The van der Waals surface area contributed by atoms with Crippen LogP contribution in [0.25, 0.3) is 0 Å². The Kier molecular flexibility index (Phi) is 5.82. The van der Waals surface area contributed by atoms with Gasteiger partial charge >= 0.3 is 6.03 Å². The van der Waals surface area contributed by atoms with Crippen molar-refractivity contribution in [1.29, 1.82) is 0 Å². The molecule has 172 valence electrons. The topological polar surface area (TPSA) is 88.7 Å². The number of nitrogens with one attached hydrogen (secondary N) is 3. The molecular weight excluding hydrogens is 399 g/mol. The second-order valence-corrected chi connectivity index (χ2v) is 9.65. The monoisotopic (exact) mass is 434 g/mol. The molecule has 4 rings (SSSR count). The number of fused-ring (bicyclic) bond motifs is 1. The molecule has 0 aromatic carbocycles. The summed E-state index contributed by atoms with van der Waals surface area (Å²) in [4.78, 5) is 28.1. The highest BCUT2D eigenvalue weighted by Gasteiger charge is 2.56. The molecule has 0 spiro atoms. The standard InChI is InChI=1S/C21H35FN8O/c1-7-28-9-13(3)29(10-12(28)2)20(31)30-11-15-17(21(30,5)6)26-27-18(15)25-19-16(22)8-23-14(4)24-19/h8,12-13,15,17-18,26-27H,7,9-11H2,1-6H3,(H,23,24,25)/t12-,13+,15?,17?,18?/m1/s1. The van der Waals surface area contributed by atoms with Crippen LogP contribution in [0, 0.1) is 18.7 Å². The van der Waals surface area contributed by atoms with E-state index in [1.807, 2.05) is 9.80 Å². The highest BCUT2D eigenvalue weighted by molar-refractivity contribution is 5.76. The molecule has 3 fully saturated rings. The van der Waals surface area contributed by atoms with Crippen molar-refractivity contribution in [3.05, 3.63) is 17.8 Å². The number of hydrazine groups is 1.